The molecule has 0 fully saturated rings. The minimum absolute atomic E-state index is 0.0777. The Morgan fingerprint density at radius 3 is 0.776 bits per heavy atom. The molecule has 6 heteroatoms. The Morgan fingerprint density at radius 2 is 0.487 bits per heavy atom. The number of allylic oxidation sites excluding steroid dienone is 10. The third kappa shape index (κ3) is 62.0. The summed E-state index contributed by atoms with van der Waals surface area (Å²) in [4.78, 5) is 38.3. The Balaban J connectivity index is 4.29. The first kappa shape index (κ1) is 73.1. The molecule has 0 aliphatic carbocycles. The van der Waals surface area contributed by atoms with Crippen molar-refractivity contribution in [2.24, 2.45) is 0 Å². The summed E-state index contributed by atoms with van der Waals surface area (Å²) in [6.45, 7) is 6.62. The molecule has 0 aromatic carbocycles. The van der Waals surface area contributed by atoms with Crippen LogP contribution in [0.3, 0.4) is 0 Å². The van der Waals surface area contributed by atoms with E-state index in [9.17, 15) is 14.4 Å². The van der Waals surface area contributed by atoms with Gasteiger partial charge in [-0.3, -0.25) is 14.4 Å². The van der Waals surface area contributed by atoms with Gasteiger partial charge in [0, 0.05) is 19.3 Å². The lowest BCUT2D eigenvalue weighted by Crippen LogP contribution is -2.30. The molecule has 0 aliphatic heterocycles. The quantitative estimate of drug-likeness (QED) is 0.0261. The largest absolute Gasteiger partial charge is 0.462 e. The molecule has 0 aromatic rings. The van der Waals surface area contributed by atoms with Crippen molar-refractivity contribution in [2.75, 3.05) is 13.2 Å². The van der Waals surface area contributed by atoms with Gasteiger partial charge in [0.05, 0.1) is 0 Å². The minimum atomic E-state index is -0.782. The summed E-state index contributed by atoms with van der Waals surface area (Å²) in [6.07, 6.45) is 82.3. The Bertz CT molecular complexity index is 1360. The number of rotatable bonds is 61. The molecule has 0 radical (unpaired) electrons. The number of carbonyl (C=O) groups excluding carboxylic acids is 3. The highest BCUT2D eigenvalue weighted by molar-refractivity contribution is 5.71. The van der Waals surface area contributed by atoms with E-state index in [1.54, 1.807) is 0 Å². The van der Waals surface area contributed by atoms with Crippen molar-refractivity contribution in [3.8, 4) is 0 Å². The van der Waals surface area contributed by atoms with Gasteiger partial charge in [0.25, 0.3) is 0 Å². The molecule has 1 atom stereocenters. The topological polar surface area (TPSA) is 78.9 Å². The fraction of sp³-hybridized carbons (Fsp3) is 0.814. The van der Waals surface area contributed by atoms with E-state index in [1.165, 1.54) is 225 Å². The third-order valence-corrected chi connectivity index (χ3v) is 14.7. The van der Waals surface area contributed by atoms with Crippen LogP contribution in [0, 0.1) is 0 Å². The van der Waals surface area contributed by atoms with E-state index >= 15 is 0 Å². The van der Waals surface area contributed by atoms with E-state index < -0.39 is 6.10 Å². The van der Waals surface area contributed by atoms with Crippen LogP contribution in [0.4, 0.5) is 0 Å². The van der Waals surface area contributed by atoms with Gasteiger partial charge >= 0.3 is 17.9 Å². The molecule has 0 bridgehead atoms. The van der Waals surface area contributed by atoms with E-state index in [0.717, 1.165) is 83.5 Å². The highest BCUT2D eigenvalue weighted by Crippen LogP contribution is 2.17. The smallest absolute Gasteiger partial charge is 0.306 e. The first-order chi connectivity index (χ1) is 37.5. The molecule has 0 aliphatic rings. The molecule has 0 rings (SSSR count). The lowest BCUT2D eigenvalue weighted by molar-refractivity contribution is -0.167. The maximum atomic E-state index is 12.9. The van der Waals surface area contributed by atoms with Gasteiger partial charge in [-0.1, -0.05) is 287 Å². The molecule has 0 heterocycles. The Kier molecular flexibility index (Phi) is 62.2. The molecular weight excluding hydrogens is 937 g/mol. The van der Waals surface area contributed by atoms with Crippen molar-refractivity contribution in [3.05, 3.63) is 60.8 Å². The normalized spacial score (nSPS) is 12.4. The van der Waals surface area contributed by atoms with Crippen LogP contribution in [-0.2, 0) is 28.6 Å². The third-order valence-electron chi connectivity index (χ3n) is 14.7. The Morgan fingerprint density at radius 1 is 0.263 bits per heavy atom. The summed E-state index contributed by atoms with van der Waals surface area (Å²) < 4.78 is 16.9. The summed E-state index contributed by atoms with van der Waals surface area (Å²) in [5.74, 6) is -0.876. The lowest BCUT2D eigenvalue weighted by Gasteiger charge is -2.18. The summed E-state index contributed by atoms with van der Waals surface area (Å²) in [5.41, 5.74) is 0. The molecule has 76 heavy (non-hydrogen) atoms. The first-order valence-corrected chi connectivity index (χ1v) is 33.3. The first-order valence-electron chi connectivity index (χ1n) is 33.3. The zero-order valence-corrected chi connectivity index (χ0v) is 50.8. The van der Waals surface area contributed by atoms with Crippen LogP contribution in [0.15, 0.2) is 60.8 Å². The van der Waals surface area contributed by atoms with Crippen molar-refractivity contribution in [3.63, 3.8) is 0 Å². The zero-order chi connectivity index (χ0) is 55.0. The zero-order valence-electron chi connectivity index (χ0n) is 50.8. The lowest BCUT2D eigenvalue weighted by atomic mass is 10.0. The van der Waals surface area contributed by atoms with Crippen LogP contribution in [-0.4, -0.2) is 37.2 Å². The average Bonchev–Trinajstić information content (AvgIpc) is 3.42. The Hall–Kier alpha value is -2.89. The second-order valence-corrected chi connectivity index (χ2v) is 22.4. The van der Waals surface area contributed by atoms with Gasteiger partial charge in [-0.25, -0.2) is 0 Å². The average molecular weight is 1060 g/mol. The molecule has 1 unspecified atom stereocenters. The van der Waals surface area contributed by atoms with Crippen molar-refractivity contribution >= 4 is 17.9 Å². The SMILES string of the molecule is CCCC/C=C\C/C=C\CCCCCCCC(=O)OCC(COC(=O)CCCCCCCCCCCCCCC/C=C\C/C=C\CCCCCCC)OC(=O)CCCCCCCCCCC/C=C\CCCCCCCC. The molecule has 0 spiro atoms. The summed E-state index contributed by atoms with van der Waals surface area (Å²) in [5, 5.41) is 0. The minimum Gasteiger partial charge on any atom is -0.462 e. The van der Waals surface area contributed by atoms with Crippen LogP contribution in [0.2, 0.25) is 0 Å². The molecule has 0 saturated heterocycles. The van der Waals surface area contributed by atoms with Gasteiger partial charge in [-0.2, -0.15) is 0 Å². The number of carbonyl (C=O) groups is 3. The van der Waals surface area contributed by atoms with Gasteiger partial charge in [-0.05, 0) is 103 Å². The molecule has 0 amide bonds. The second-order valence-electron chi connectivity index (χ2n) is 22.4. The van der Waals surface area contributed by atoms with Crippen LogP contribution >= 0.6 is 0 Å². The molecule has 6 nitrogen and oxygen atoms in total. The fourth-order valence-electron chi connectivity index (χ4n) is 9.66. The van der Waals surface area contributed by atoms with Crippen molar-refractivity contribution in [1.82, 2.24) is 0 Å². The van der Waals surface area contributed by atoms with E-state index in [4.69, 9.17) is 14.2 Å². The maximum absolute atomic E-state index is 12.9. The molecule has 0 N–H and O–H groups in total. The predicted molar refractivity (Wildman–Crippen MR) is 330 cm³/mol. The van der Waals surface area contributed by atoms with Crippen LogP contribution < -0.4 is 0 Å². The van der Waals surface area contributed by atoms with Gasteiger partial charge in [-0.15, -0.1) is 0 Å². The molecule has 0 aromatic heterocycles. The van der Waals surface area contributed by atoms with Gasteiger partial charge in [0.2, 0.25) is 0 Å². The van der Waals surface area contributed by atoms with Crippen molar-refractivity contribution in [1.29, 1.82) is 0 Å². The number of hydrogen-bond acceptors (Lipinski definition) is 6. The van der Waals surface area contributed by atoms with Gasteiger partial charge in [0.15, 0.2) is 6.10 Å². The van der Waals surface area contributed by atoms with Crippen LogP contribution in [0.25, 0.3) is 0 Å². The summed E-state index contributed by atoms with van der Waals surface area (Å²) >= 11 is 0. The van der Waals surface area contributed by atoms with E-state index in [-0.39, 0.29) is 31.1 Å². The van der Waals surface area contributed by atoms with Gasteiger partial charge < -0.3 is 14.2 Å². The second kappa shape index (κ2) is 64.6. The molecule has 442 valence electrons. The van der Waals surface area contributed by atoms with Crippen LogP contribution in [0.5, 0.6) is 0 Å². The molecular formula is C70H126O6. The fourth-order valence-corrected chi connectivity index (χ4v) is 9.66. The summed E-state index contributed by atoms with van der Waals surface area (Å²) in [6, 6.07) is 0. The van der Waals surface area contributed by atoms with Crippen molar-refractivity contribution < 1.29 is 28.6 Å². The van der Waals surface area contributed by atoms with E-state index in [1.807, 2.05) is 0 Å². The number of hydrogen-bond donors (Lipinski definition) is 0. The van der Waals surface area contributed by atoms with E-state index in [2.05, 4.69) is 81.5 Å². The summed E-state index contributed by atoms with van der Waals surface area (Å²) in [7, 11) is 0. The van der Waals surface area contributed by atoms with Crippen LogP contribution in [0.1, 0.15) is 348 Å². The Labute approximate surface area is 472 Å². The number of ether oxygens (including phenoxy) is 3. The highest BCUT2D eigenvalue weighted by atomic mass is 16.6. The molecule has 0 saturated carbocycles. The predicted octanol–water partition coefficient (Wildman–Crippen LogP) is 22.7. The monoisotopic (exact) mass is 1060 g/mol. The highest BCUT2D eigenvalue weighted by Gasteiger charge is 2.19. The number of esters is 3. The van der Waals surface area contributed by atoms with E-state index in [0.29, 0.717) is 19.3 Å². The van der Waals surface area contributed by atoms with Gasteiger partial charge in [0.1, 0.15) is 13.2 Å². The maximum Gasteiger partial charge on any atom is 0.306 e. The number of unbranched alkanes of at least 4 members (excludes halogenated alkanes) is 40. The standard InChI is InChI=1S/C70H126O6/c1-4-7-10-13-16-19-22-25-28-30-32-33-34-35-36-37-39-40-42-45-48-51-54-57-60-63-69(72)75-66-67(65-74-68(71)62-59-56-53-50-47-44-27-24-21-18-15-12-9-6-3)76-70(73)64-61-58-55-52-49-46-43-41-38-31-29-26-23-20-17-14-11-8-5-2/h15,18,22,24-27,29-30,32,67H,4-14,16-17,19-21,23,28,31,33-66H2,1-3H3/b18-15-,25-22-,27-24-,29-26-,32-30-. The van der Waals surface area contributed by atoms with Crippen molar-refractivity contribution in [2.45, 2.75) is 354 Å².